The van der Waals surface area contributed by atoms with Gasteiger partial charge in [0.1, 0.15) is 0 Å². The minimum atomic E-state index is -0.420. The Labute approximate surface area is 161 Å². The van der Waals surface area contributed by atoms with Crippen LogP contribution in [0.3, 0.4) is 0 Å². The number of carbonyl (C=O) groups is 1. The highest BCUT2D eigenvalue weighted by Crippen LogP contribution is 2.26. The van der Waals surface area contributed by atoms with E-state index < -0.39 is 5.82 Å². The lowest BCUT2D eigenvalue weighted by atomic mass is 10.1. The second-order valence-corrected chi connectivity index (χ2v) is 7.00. The third-order valence-electron chi connectivity index (χ3n) is 3.98. The molecule has 0 aliphatic rings. The van der Waals surface area contributed by atoms with Crippen molar-refractivity contribution in [3.05, 3.63) is 66.2 Å². The summed E-state index contributed by atoms with van der Waals surface area (Å²) in [7, 11) is 3.37. The number of aromatic nitrogens is 2. The molecule has 0 aliphatic heterocycles. The molecular formula is C20H20FN3O2S. The number of nitrogens with one attached hydrogen (secondary N) is 1. The Morgan fingerprint density at radius 3 is 2.67 bits per heavy atom. The van der Waals surface area contributed by atoms with Crippen molar-refractivity contribution < 1.29 is 13.9 Å². The average Bonchev–Trinajstić information content (AvgIpc) is 3.06. The Morgan fingerprint density at radius 1 is 1.26 bits per heavy atom. The SMILES string of the molecule is COc1ccc(CCC(=O)Nc2ccc(Sc3nccn3C)cc2)cc1F. The Hall–Kier alpha value is -2.80. The summed E-state index contributed by atoms with van der Waals surface area (Å²) in [6.07, 6.45) is 4.38. The molecule has 7 heteroatoms. The van der Waals surface area contributed by atoms with E-state index in [0.29, 0.717) is 6.42 Å². The number of carbonyl (C=O) groups excluding carboxylic acids is 1. The van der Waals surface area contributed by atoms with Gasteiger partial charge in [0.15, 0.2) is 16.7 Å². The Morgan fingerprint density at radius 2 is 2.04 bits per heavy atom. The van der Waals surface area contributed by atoms with Gasteiger partial charge in [-0.3, -0.25) is 4.79 Å². The van der Waals surface area contributed by atoms with Gasteiger partial charge in [0, 0.05) is 36.4 Å². The normalized spacial score (nSPS) is 10.6. The monoisotopic (exact) mass is 385 g/mol. The van der Waals surface area contributed by atoms with Crippen molar-refractivity contribution in [1.82, 2.24) is 9.55 Å². The first-order valence-corrected chi connectivity index (χ1v) is 9.24. The Balaban J connectivity index is 1.52. The molecule has 3 rings (SSSR count). The Bertz CT molecular complexity index is 925. The van der Waals surface area contributed by atoms with Crippen LogP contribution in [0.25, 0.3) is 0 Å². The minimum absolute atomic E-state index is 0.115. The van der Waals surface area contributed by atoms with Gasteiger partial charge in [-0.05, 0) is 48.4 Å². The van der Waals surface area contributed by atoms with Crippen molar-refractivity contribution >= 4 is 23.4 Å². The molecule has 0 saturated carbocycles. The van der Waals surface area contributed by atoms with Gasteiger partial charge >= 0.3 is 0 Å². The van der Waals surface area contributed by atoms with E-state index >= 15 is 0 Å². The summed E-state index contributed by atoms with van der Waals surface area (Å²) < 4.78 is 20.5. The smallest absolute Gasteiger partial charge is 0.224 e. The van der Waals surface area contributed by atoms with Crippen LogP contribution in [0.4, 0.5) is 10.1 Å². The van der Waals surface area contributed by atoms with E-state index in [9.17, 15) is 9.18 Å². The summed E-state index contributed by atoms with van der Waals surface area (Å²) in [5, 5.41) is 3.76. The van der Waals surface area contributed by atoms with Gasteiger partial charge in [0.2, 0.25) is 5.91 Å². The molecular weight excluding hydrogens is 365 g/mol. The summed E-state index contributed by atoms with van der Waals surface area (Å²) in [4.78, 5) is 17.4. The number of nitrogens with zero attached hydrogens (tertiary/aromatic N) is 2. The van der Waals surface area contributed by atoms with Crippen LogP contribution >= 0.6 is 11.8 Å². The molecule has 0 spiro atoms. The van der Waals surface area contributed by atoms with Crippen molar-refractivity contribution in [3.63, 3.8) is 0 Å². The lowest BCUT2D eigenvalue weighted by Gasteiger charge is -2.08. The number of benzene rings is 2. The second-order valence-electron chi connectivity index (χ2n) is 5.96. The van der Waals surface area contributed by atoms with E-state index in [4.69, 9.17) is 4.74 Å². The van der Waals surface area contributed by atoms with Crippen LogP contribution in [-0.2, 0) is 18.3 Å². The third-order valence-corrected chi connectivity index (χ3v) is 5.06. The van der Waals surface area contributed by atoms with Crippen LogP contribution in [0.1, 0.15) is 12.0 Å². The maximum Gasteiger partial charge on any atom is 0.224 e. The lowest BCUT2D eigenvalue weighted by Crippen LogP contribution is -2.12. The molecule has 1 aromatic heterocycles. The zero-order valence-corrected chi connectivity index (χ0v) is 15.9. The molecule has 27 heavy (non-hydrogen) atoms. The first-order chi connectivity index (χ1) is 13.0. The number of ether oxygens (including phenoxy) is 1. The number of amides is 1. The lowest BCUT2D eigenvalue weighted by molar-refractivity contribution is -0.116. The topological polar surface area (TPSA) is 56.1 Å². The molecule has 0 saturated heterocycles. The number of anilines is 1. The van der Waals surface area contributed by atoms with Gasteiger partial charge in [0.05, 0.1) is 7.11 Å². The van der Waals surface area contributed by atoms with Crippen LogP contribution < -0.4 is 10.1 Å². The molecule has 0 aliphatic carbocycles. The number of halogens is 1. The fourth-order valence-corrected chi connectivity index (χ4v) is 3.31. The highest BCUT2D eigenvalue weighted by Gasteiger charge is 2.08. The van der Waals surface area contributed by atoms with Gasteiger partial charge in [-0.1, -0.05) is 17.8 Å². The van der Waals surface area contributed by atoms with Gasteiger partial charge in [-0.2, -0.15) is 0 Å². The zero-order chi connectivity index (χ0) is 19.2. The molecule has 0 bridgehead atoms. The average molecular weight is 385 g/mol. The van der Waals surface area contributed by atoms with Crippen LogP contribution in [0.2, 0.25) is 0 Å². The van der Waals surface area contributed by atoms with Crippen LogP contribution in [0.15, 0.2) is 64.9 Å². The molecule has 140 valence electrons. The van der Waals surface area contributed by atoms with Crippen molar-refractivity contribution in [2.45, 2.75) is 22.9 Å². The van der Waals surface area contributed by atoms with Crippen LogP contribution in [0.5, 0.6) is 5.75 Å². The molecule has 1 N–H and O–H groups in total. The van der Waals surface area contributed by atoms with Gasteiger partial charge in [-0.15, -0.1) is 0 Å². The number of aryl methyl sites for hydroxylation is 2. The van der Waals surface area contributed by atoms with E-state index in [0.717, 1.165) is 21.3 Å². The number of imidazole rings is 1. The number of rotatable bonds is 7. The predicted molar refractivity (Wildman–Crippen MR) is 104 cm³/mol. The summed E-state index contributed by atoms with van der Waals surface area (Å²) in [6.45, 7) is 0. The second kappa shape index (κ2) is 8.73. The molecule has 0 atom stereocenters. The maximum absolute atomic E-state index is 13.7. The van der Waals surface area contributed by atoms with E-state index in [-0.39, 0.29) is 18.1 Å². The molecule has 3 aromatic rings. The summed E-state index contributed by atoms with van der Waals surface area (Å²) in [5.41, 5.74) is 1.48. The first kappa shape index (κ1) is 19.0. The molecule has 0 fully saturated rings. The zero-order valence-electron chi connectivity index (χ0n) is 15.1. The van der Waals surface area contributed by atoms with Crippen molar-refractivity contribution in [3.8, 4) is 5.75 Å². The van der Waals surface area contributed by atoms with E-state index in [1.807, 2.05) is 42.1 Å². The van der Waals surface area contributed by atoms with Crippen LogP contribution in [-0.4, -0.2) is 22.6 Å². The van der Waals surface area contributed by atoms with Gasteiger partial charge < -0.3 is 14.6 Å². The number of hydrogen-bond acceptors (Lipinski definition) is 4. The summed E-state index contributed by atoms with van der Waals surface area (Å²) >= 11 is 1.55. The summed E-state index contributed by atoms with van der Waals surface area (Å²) in [5.74, 6) is -0.335. The highest BCUT2D eigenvalue weighted by molar-refractivity contribution is 7.99. The number of methoxy groups -OCH3 is 1. The van der Waals surface area contributed by atoms with E-state index in [1.165, 1.54) is 13.2 Å². The molecule has 5 nitrogen and oxygen atoms in total. The Kier molecular flexibility index (Phi) is 6.13. The third kappa shape index (κ3) is 5.10. The summed E-state index contributed by atoms with van der Waals surface area (Å²) in [6, 6.07) is 12.3. The van der Waals surface area contributed by atoms with Crippen molar-refractivity contribution in [1.29, 1.82) is 0 Å². The first-order valence-electron chi connectivity index (χ1n) is 8.42. The molecule has 1 amide bonds. The molecule has 2 aromatic carbocycles. The predicted octanol–water partition coefficient (Wildman–Crippen LogP) is 4.29. The van der Waals surface area contributed by atoms with Crippen LogP contribution in [0, 0.1) is 5.82 Å². The standard InChI is InChI=1S/C20H20FN3O2S/c1-24-12-11-22-20(24)27-16-7-5-15(6-8-16)23-19(25)10-4-14-3-9-18(26-2)17(21)13-14/h3,5-9,11-13H,4,10H2,1-2H3,(H,23,25). The van der Waals surface area contributed by atoms with Crippen molar-refractivity contribution in [2.24, 2.45) is 7.05 Å². The van der Waals surface area contributed by atoms with E-state index in [2.05, 4.69) is 10.3 Å². The molecule has 0 radical (unpaired) electrons. The fraction of sp³-hybridized carbons (Fsp3) is 0.200. The maximum atomic E-state index is 13.7. The minimum Gasteiger partial charge on any atom is -0.494 e. The van der Waals surface area contributed by atoms with Gasteiger partial charge in [0.25, 0.3) is 0 Å². The van der Waals surface area contributed by atoms with Crippen molar-refractivity contribution in [2.75, 3.05) is 12.4 Å². The van der Waals surface area contributed by atoms with Gasteiger partial charge in [-0.25, -0.2) is 9.37 Å². The van der Waals surface area contributed by atoms with E-state index in [1.54, 1.807) is 30.1 Å². The number of hydrogen-bond donors (Lipinski definition) is 1. The highest BCUT2D eigenvalue weighted by atomic mass is 32.2. The fourth-order valence-electron chi connectivity index (χ4n) is 2.51. The molecule has 1 heterocycles. The quantitative estimate of drug-likeness (QED) is 0.659. The molecule has 0 unspecified atom stereocenters. The largest absolute Gasteiger partial charge is 0.494 e.